The monoisotopic (exact) mass is 408 g/mol. The van der Waals surface area contributed by atoms with Gasteiger partial charge in [0, 0.05) is 17.1 Å². The molecule has 0 spiro atoms. The highest BCUT2D eigenvalue weighted by molar-refractivity contribution is 5.96. The van der Waals surface area contributed by atoms with E-state index in [9.17, 15) is 13.2 Å². The number of halogens is 3. The third-order valence-corrected chi connectivity index (χ3v) is 5.22. The van der Waals surface area contributed by atoms with Crippen LogP contribution in [0.2, 0.25) is 0 Å². The molecular weight excluding hydrogens is 385 g/mol. The Kier molecular flexibility index (Phi) is 5.22. The van der Waals surface area contributed by atoms with Gasteiger partial charge in [0.25, 0.3) is 5.89 Å². The minimum absolute atomic E-state index is 0.0232. The molecule has 10 heteroatoms. The molecule has 1 fully saturated rings. The van der Waals surface area contributed by atoms with Gasteiger partial charge in [-0.15, -0.1) is 10.2 Å². The van der Waals surface area contributed by atoms with Crippen molar-refractivity contribution in [3.8, 4) is 11.6 Å². The van der Waals surface area contributed by atoms with E-state index in [2.05, 4.69) is 27.5 Å². The molecule has 0 aliphatic carbocycles. The second-order valence-corrected chi connectivity index (χ2v) is 7.40. The summed E-state index contributed by atoms with van der Waals surface area (Å²) in [5.74, 6) is 0.199. The molecule has 156 valence electrons. The van der Waals surface area contributed by atoms with E-state index in [-0.39, 0.29) is 30.1 Å². The summed E-state index contributed by atoms with van der Waals surface area (Å²) in [6.45, 7) is 0.842. The molecule has 0 saturated carbocycles. The minimum Gasteiger partial charge on any atom is -0.418 e. The Morgan fingerprint density at radius 3 is 2.66 bits per heavy atom. The Labute approximate surface area is 165 Å². The number of alkyl halides is 3. The predicted molar refractivity (Wildman–Crippen MR) is 103 cm³/mol. The van der Waals surface area contributed by atoms with Crippen molar-refractivity contribution in [2.24, 2.45) is 5.73 Å². The number of fused-ring (bicyclic) bond motifs is 1. The number of hydrogen-bond donors (Lipinski definition) is 2. The maximum Gasteiger partial charge on any atom is 0.406 e. The van der Waals surface area contributed by atoms with Gasteiger partial charge in [-0.25, -0.2) is 0 Å². The van der Waals surface area contributed by atoms with Gasteiger partial charge in [0.05, 0.1) is 12.1 Å². The first kappa shape index (κ1) is 19.7. The molecule has 1 aliphatic heterocycles. The molecule has 3 heterocycles. The van der Waals surface area contributed by atoms with Crippen molar-refractivity contribution in [3.05, 3.63) is 30.2 Å². The van der Waals surface area contributed by atoms with E-state index in [0.717, 1.165) is 31.6 Å². The Morgan fingerprint density at radius 1 is 1.24 bits per heavy atom. The second-order valence-electron chi connectivity index (χ2n) is 7.40. The lowest BCUT2D eigenvalue weighted by atomic mass is 10.0. The lowest BCUT2D eigenvalue weighted by Crippen LogP contribution is -2.36. The summed E-state index contributed by atoms with van der Waals surface area (Å²) in [7, 11) is 2.08. The topological polar surface area (TPSA) is 85.1 Å². The van der Waals surface area contributed by atoms with Crippen molar-refractivity contribution in [2.75, 3.05) is 25.5 Å². The van der Waals surface area contributed by atoms with Crippen molar-refractivity contribution in [3.63, 3.8) is 0 Å². The average Bonchev–Trinajstić information content (AvgIpc) is 3.28. The van der Waals surface area contributed by atoms with Crippen LogP contribution in [0, 0.1) is 0 Å². The van der Waals surface area contributed by atoms with E-state index in [1.807, 2.05) is 6.07 Å². The standard InChI is InChI=1S/C19H23F3N6O/c1-27-7-5-12(6-8-27)24-14-3-2-4-15-13(14)9-16(28(15)11-19(20,21)22)18-26-25-17(10-23)29-18/h2-4,9,12,24H,5-8,10-11,23H2,1H3. The highest BCUT2D eigenvalue weighted by Crippen LogP contribution is 2.35. The van der Waals surface area contributed by atoms with E-state index in [0.29, 0.717) is 10.9 Å². The van der Waals surface area contributed by atoms with E-state index >= 15 is 0 Å². The summed E-state index contributed by atoms with van der Waals surface area (Å²) in [4.78, 5) is 2.27. The van der Waals surface area contributed by atoms with E-state index in [1.54, 1.807) is 18.2 Å². The number of nitrogens with one attached hydrogen (secondary N) is 1. The first-order chi connectivity index (χ1) is 13.8. The molecule has 0 radical (unpaired) electrons. The number of nitrogens with two attached hydrogens (primary N) is 1. The number of benzene rings is 1. The molecule has 0 amide bonds. The van der Waals surface area contributed by atoms with E-state index in [4.69, 9.17) is 10.2 Å². The van der Waals surface area contributed by atoms with Gasteiger partial charge in [0.2, 0.25) is 5.89 Å². The van der Waals surface area contributed by atoms with Gasteiger partial charge in [-0.2, -0.15) is 13.2 Å². The first-order valence-electron chi connectivity index (χ1n) is 9.51. The van der Waals surface area contributed by atoms with Crippen molar-refractivity contribution in [2.45, 2.75) is 38.1 Å². The van der Waals surface area contributed by atoms with Crippen LogP contribution >= 0.6 is 0 Å². The fraction of sp³-hybridized carbons (Fsp3) is 0.474. The molecule has 1 aliphatic rings. The maximum atomic E-state index is 13.3. The molecule has 1 aromatic carbocycles. The van der Waals surface area contributed by atoms with Crippen molar-refractivity contribution in [1.29, 1.82) is 0 Å². The Morgan fingerprint density at radius 2 is 2.00 bits per heavy atom. The molecule has 2 aromatic heterocycles. The highest BCUT2D eigenvalue weighted by atomic mass is 19.4. The zero-order chi connectivity index (χ0) is 20.6. The van der Waals surface area contributed by atoms with E-state index < -0.39 is 12.7 Å². The normalized spacial score (nSPS) is 16.6. The summed E-state index contributed by atoms with van der Waals surface area (Å²) in [6, 6.07) is 7.27. The Balaban J connectivity index is 1.76. The average molecular weight is 408 g/mol. The third-order valence-electron chi connectivity index (χ3n) is 5.22. The number of likely N-dealkylation sites (tertiary alicyclic amines) is 1. The summed E-state index contributed by atoms with van der Waals surface area (Å²) >= 11 is 0. The van der Waals surface area contributed by atoms with Crippen LogP contribution in [0.4, 0.5) is 18.9 Å². The maximum absolute atomic E-state index is 13.3. The highest BCUT2D eigenvalue weighted by Gasteiger charge is 2.31. The van der Waals surface area contributed by atoms with Crippen LogP contribution in [-0.2, 0) is 13.1 Å². The van der Waals surface area contributed by atoms with Crippen LogP contribution in [0.3, 0.4) is 0 Å². The molecule has 0 unspecified atom stereocenters. The van der Waals surface area contributed by atoms with Crippen LogP contribution in [0.1, 0.15) is 18.7 Å². The van der Waals surface area contributed by atoms with Gasteiger partial charge in [0.1, 0.15) is 12.2 Å². The number of aromatic nitrogens is 3. The second kappa shape index (κ2) is 7.68. The van der Waals surface area contributed by atoms with Crippen LogP contribution in [0.25, 0.3) is 22.5 Å². The Bertz CT molecular complexity index is 988. The van der Waals surface area contributed by atoms with Gasteiger partial charge in [-0.1, -0.05) is 6.07 Å². The lowest BCUT2D eigenvalue weighted by molar-refractivity contribution is -0.139. The van der Waals surface area contributed by atoms with Gasteiger partial charge >= 0.3 is 6.18 Å². The van der Waals surface area contributed by atoms with Crippen molar-refractivity contribution < 1.29 is 17.6 Å². The first-order valence-corrected chi connectivity index (χ1v) is 9.51. The zero-order valence-electron chi connectivity index (χ0n) is 16.0. The fourth-order valence-electron chi connectivity index (χ4n) is 3.75. The molecule has 0 atom stereocenters. The predicted octanol–water partition coefficient (Wildman–Crippen LogP) is 3.22. The Hall–Kier alpha value is -2.59. The molecule has 7 nitrogen and oxygen atoms in total. The molecule has 4 rings (SSSR count). The molecule has 29 heavy (non-hydrogen) atoms. The summed E-state index contributed by atoms with van der Waals surface area (Å²) in [5, 5.41) is 11.9. The van der Waals surface area contributed by atoms with Crippen molar-refractivity contribution >= 4 is 16.6 Å². The van der Waals surface area contributed by atoms with Crippen LogP contribution in [0.5, 0.6) is 0 Å². The smallest absolute Gasteiger partial charge is 0.406 e. The molecular formula is C19H23F3N6O. The minimum atomic E-state index is -4.39. The fourth-order valence-corrected chi connectivity index (χ4v) is 3.75. The lowest BCUT2D eigenvalue weighted by Gasteiger charge is -2.30. The quantitative estimate of drug-likeness (QED) is 0.674. The molecule has 3 N–H and O–H groups in total. The van der Waals surface area contributed by atoms with Gasteiger partial charge in [0.15, 0.2) is 0 Å². The summed E-state index contributed by atoms with van der Waals surface area (Å²) in [5.41, 5.74) is 6.99. The number of anilines is 1. The SMILES string of the molecule is CN1CCC(Nc2cccc3c2cc(-c2nnc(CN)o2)n3CC(F)(F)F)CC1. The zero-order valence-corrected chi connectivity index (χ0v) is 16.0. The van der Waals surface area contributed by atoms with Gasteiger partial charge in [-0.05, 0) is 51.2 Å². The van der Waals surface area contributed by atoms with Gasteiger partial charge < -0.3 is 24.9 Å². The van der Waals surface area contributed by atoms with E-state index in [1.165, 1.54) is 4.57 Å². The third kappa shape index (κ3) is 4.23. The van der Waals surface area contributed by atoms with Crippen LogP contribution in [0.15, 0.2) is 28.7 Å². The number of piperidine rings is 1. The largest absolute Gasteiger partial charge is 0.418 e. The number of nitrogens with zero attached hydrogens (tertiary/aromatic N) is 4. The number of rotatable bonds is 5. The number of hydrogen-bond acceptors (Lipinski definition) is 6. The molecule has 0 bridgehead atoms. The van der Waals surface area contributed by atoms with Gasteiger partial charge in [-0.3, -0.25) is 0 Å². The molecule has 1 saturated heterocycles. The van der Waals surface area contributed by atoms with Crippen LogP contribution in [-0.4, -0.2) is 52.0 Å². The summed E-state index contributed by atoms with van der Waals surface area (Å²) in [6.07, 6.45) is -2.44. The summed E-state index contributed by atoms with van der Waals surface area (Å²) < 4.78 is 46.5. The van der Waals surface area contributed by atoms with Crippen LogP contribution < -0.4 is 11.1 Å². The van der Waals surface area contributed by atoms with Crippen molar-refractivity contribution in [1.82, 2.24) is 19.7 Å². The molecule has 3 aromatic rings.